The predicted octanol–water partition coefficient (Wildman–Crippen LogP) is 18.2. The van der Waals surface area contributed by atoms with Gasteiger partial charge in [0, 0.05) is 114 Å². The van der Waals surface area contributed by atoms with Gasteiger partial charge in [0.05, 0.1) is 22.7 Å². The summed E-state index contributed by atoms with van der Waals surface area (Å²) in [5.41, 5.74) is 9.94. The maximum absolute atomic E-state index is 12.0. The second-order valence-electron chi connectivity index (χ2n) is 27.6. The average molecular weight is 2060 g/mol. The van der Waals surface area contributed by atoms with Gasteiger partial charge < -0.3 is 35.0 Å². The van der Waals surface area contributed by atoms with Crippen molar-refractivity contribution in [1.29, 1.82) is 0 Å². The SMILES string of the molecule is CCC1(CC)c2ccc([n-]2)C=Nc2cccc3cc4cccc(c4cc23)N=Cc2ccc([n-]2)C(CC)(CC)c2ccc([n-]2)C=Nc2cccc3cc4cccc(c4cc23)N=Cc2ccc1[n-]2.[O-2].[O-][Si](c1ccccc1)c1ccccc1.[O-][Si](c1ccccc1)c1ccccc1.[U+4].[U+4].c1ccncc1.c1ccncc1.c1ccncc1.c1ccncc1. The van der Waals surface area contributed by atoms with E-state index in [9.17, 15) is 9.59 Å². The smallest absolute Gasteiger partial charge is 2.00 e. The Kier molecular flexibility index (Phi) is 35.6. The Morgan fingerprint density at radius 1 is 0.248 bits per heavy atom. The van der Waals surface area contributed by atoms with E-state index >= 15 is 0 Å². The molecule has 0 saturated heterocycles. The fraction of sp³-hybridized carbons (Fsp3) is 0.0980. The molecule has 1 aliphatic heterocycles. The van der Waals surface area contributed by atoms with Gasteiger partial charge in [-0.2, -0.15) is 22.8 Å². The van der Waals surface area contributed by atoms with Crippen molar-refractivity contribution < 1.29 is 77.3 Å². The standard InChI is InChI=1S/C58H48N8.2C12H10OSi.4C5H5N.O.2U/c1-5-57(6-2)53-25-21-41(63-53)33-59-49-17-9-13-37-29-39-15-11-19-51(47(39)31-45(37)49)61-35-43-23-27-55(65-43)58(7-3,8-4)56-28-24-44(66-56)36-62-52-20-12-16-40-30-38-14-10-18-50(46(38)32-48(40)52)60-34-42-22-26-54(57)64-42;2*13-14(11-7-3-1-4-8-11)12-9-5-2-6-10-12;4*1-2-4-6-5-3-1;;;/h9-36H,5-8H2,1-4H3;2*1-10H;4*1-5H;;;/q-4;2*-1;;;;;-2;2*+4. The molecule has 1 aliphatic rings. The van der Waals surface area contributed by atoms with Crippen molar-refractivity contribution in [3.63, 3.8) is 0 Å². The van der Waals surface area contributed by atoms with E-state index in [0.29, 0.717) is 0 Å². The van der Waals surface area contributed by atoms with Crippen LogP contribution in [0.2, 0.25) is 0 Å². The summed E-state index contributed by atoms with van der Waals surface area (Å²) >= 11 is 0. The first-order chi connectivity index (χ1) is 58.1. The first-order valence-electron chi connectivity index (χ1n) is 39.5. The van der Waals surface area contributed by atoms with E-state index in [1.807, 2.05) is 219 Å². The Balaban J connectivity index is 0.000000221. The number of hydrogen-bond donors (Lipinski definition) is 0. The van der Waals surface area contributed by atoms with Crippen LogP contribution in [0.5, 0.6) is 0 Å². The van der Waals surface area contributed by atoms with Gasteiger partial charge in [0.1, 0.15) is 0 Å². The summed E-state index contributed by atoms with van der Waals surface area (Å²) in [6, 6.07) is 112. The zero-order chi connectivity index (χ0) is 81.4. The molecule has 0 unspecified atom stereocenters. The number of fused-ring (bicyclic) bond motifs is 8. The van der Waals surface area contributed by atoms with Crippen molar-refractivity contribution >= 4 is 130 Å². The fourth-order valence-electron chi connectivity index (χ4n) is 14.0. The van der Waals surface area contributed by atoms with Gasteiger partial charge in [-0.1, -0.05) is 291 Å². The van der Waals surface area contributed by atoms with E-state index in [2.05, 4.69) is 193 Å². The summed E-state index contributed by atoms with van der Waals surface area (Å²) in [4.78, 5) is 80.1. The third-order valence-electron chi connectivity index (χ3n) is 20.4. The van der Waals surface area contributed by atoms with Crippen LogP contribution in [-0.4, -0.2) is 62.9 Å². The summed E-state index contributed by atoms with van der Waals surface area (Å²) in [6.07, 6.45) is 24.9. The Labute approximate surface area is 758 Å². The van der Waals surface area contributed by atoms with Crippen molar-refractivity contribution in [2.75, 3.05) is 0 Å². The van der Waals surface area contributed by atoms with Crippen molar-refractivity contribution in [3.05, 3.63) is 435 Å². The number of benzene rings is 10. The van der Waals surface area contributed by atoms with Crippen LogP contribution >= 0.6 is 0 Å². The number of rotatable bonds is 8. The first kappa shape index (κ1) is 91.4. The molecule has 0 fully saturated rings. The molecule has 19 heteroatoms. The van der Waals surface area contributed by atoms with Crippen molar-refractivity contribution in [3.8, 4) is 0 Å². The largest absolute Gasteiger partial charge is 4.00 e. The van der Waals surface area contributed by atoms with Gasteiger partial charge in [0.25, 0.3) is 0 Å². The molecular formula is C102H88N12O3Si2U2. The number of aliphatic imine (C=N–C) groups is 4. The summed E-state index contributed by atoms with van der Waals surface area (Å²) in [5, 5.41) is 12.3. The van der Waals surface area contributed by atoms with Gasteiger partial charge in [0.15, 0.2) is 0 Å². The molecule has 0 aliphatic carbocycles. The summed E-state index contributed by atoms with van der Waals surface area (Å²) in [7, 11) is -3.59. The molecule has 9 heterocycles. The van der Waals surface area contributed by atoms with Gasteiger partial charge in [0.2, 0.25) is 0 Å². The van der Waals surface area contributed by atoms with E-state index in [1.165, 1.54) is 0 Å². The molecule has 19 rings (SSSR count). The molecule has 10 aromatic carbocycles. The van der Waals surface area contributed by atoms with Gasteiger partial charge >= 0.3 is 62.2 Å². The zero-order valence-electron chi connectivity index (χ0n) is 67.7. The van der Waals surface area contributed by atoms with E-state index in [4.69, 9.17) is 39.9 Å². The van der Waals surface area contributed by atoms with Crippen LogP contribution in [0.4, 0.5) is 22.7 Å². The number of aromatic nitrogens is 8. The topological polar surface area (TPSA) is 232 Å². The van der Waals surface area contributed by atoms with Crippen LogP contribution in [0.15, 0.2) is 409 Å². The molecular weight excluding hydrogens is 1970 g/mol. The van der Waals surface area contributed by atoms with Crippen molar-refractivity contribution in [1.82, 2.24) is 39.9 Å². The van der Waals surface area contributed by atoms with Crippen LogP contribution in [0, 0.1) is 62.2 Å². The van der Waals surface area contributed by atoms with E-state index in [1.54, 1.807) is 49.6 Å². The zero-order valence-corrected chi connectivity index (χ0v) is 78.0. The predicted molar refractivity (Wildman–Crippen MR) is 487 cm³/mol. The number of pyridine rings is 4. The van der Waals surface area contributed by atoms with Crippen LogP contribution in [0.3, 0.4) is 0 Å². The van der Waals surface area contributed by atoms with Gasteiger partial charge in [-0.15, -0.1) is 22.8 Å². The molecule has 18 aromatic rings. The number of nitrogens with zero attached hydrogens (tertiary/aromatic N) is 12. The molecule has 15 nitrogen and oxygen atoms in total. The molecule has 0 N–H and O–H groups in total. The van der Waals surface area contributed by atoms with Crippen LogP contribution in [0.1, 0.15) is 98.9 Å². The third-order valence-corrected chi connectivity index (χ3v) is 23.9. The minimum atomic E-state index is -1.79. The van der Waals surface area contributed by atoms with Crippen molar-refractivity contribution in [2.24, 2.45) is 20.0 Å². The Hall–Kier alpha value is -11.9. The maximum Gasteiger partial charge on any atom is 4.00 e. The quantitative estimate of drug-likeness (QED) is 0.103. The number of hydrogen-bond acceptors (Lipinski definition) is 10. The third kappa shape index (κ3) is 24.2. The molecule has 121 heavy (non-hydrogen) atoms. The van der Waals surface area contributed by atoms with E-state index in [0.717, 1.165) is 158 Å². The molecule has 12 bridgehead atoms. The van der Waals surface area contributed by atoms with Crippen molar-refractivity contribution in [2.45, 2.75) is 64.2 Å². The monoisotopic (exact) mass is 2060 g/mol. The average Bonchev–Trinajstić information content (AvgIpc) is 1.47. The summed E-state index contributed by atoms with van der Waals surface area (Å²) in [5.74, 6) is 0. The molecule has 0 saturated carbocycles. The maximum atomic E-state index is 12.0. The Morgan fingerprint density at radius 2 is 0.455 bits per heavy atom. The molecule has 590 valence electrons. The second-order valence-corrected chi connectivity index (χ2v) is 31.2. The van der Waals surface area contributed by atoms with E-state index in [-0.39, 0.29) is 78.5 Å². The van der Waals surface area contributed by atoms with Crippen LogP contribution in [-0.2, 0) is 16.3 Å². The molecule has 0 amide bonds. The van der Waals surface area contributed by atoms with Crippen LogP contribution < -0.4 is 50.3 Å². The van der Waals surface area contributed by atoms with Crippen LogP contribution in [0.25, 0.3) is 43.1 Å². The first-order valence-corrected chi connectivity index (χ1v) is 42.3. The second kappa shape index (κ2) is 47.2. The Bertz CT molecular complexity index is 5350. The normalized spacial score (nSPS) is 12.0. The Morgan fingerprint density at radius 3 is 0.636 bits per heavy atom. The molecule has 0 spiro atoms. The molecule has 2 radical (unpaired) electrons. The summed E-state index contributed by atoms with van der Waals surface area (Å²) in [6.45, 7) is 8.85. The van der Waals surface area contributed by atoms with Gasteiger partial charge in [-0.3, -0.25) is 39.9 Å². The molecule has 0 atom stereocenters. The van der Waals surface area contributed by atoms with Gasteiger partial charge in [-0.25, -0.2) is 0 Å². The van der Waals surface area contributed by atoms with Gasteiger partial charge in [-0.05, 0) is 155 Å². The fourth-order valence-corrected chi connectivity index (χ4v) is 16.7. The van der Waals surface area contributed by atoms with E-state index < -0.39 is 18.1 Å². The minimum absolute atomic E-state index is 0. The minimum Gasteiger partial charge on any atom is -2.00 e. The molecule has 8 aromatic heterocycles. The summed E-state index contributed by atoms with van der Waals surface area (Å²) < 4.78 is 0.